The Hall–Kier alpha value is 0.470. The lowest BCUT2D eigenvalue weighted by molar-refractivity contribution is 1.40. The zero-order valence-corrected chi connectivity index (χ0v) is 14.9. The van der Waals surface area contributed by atoms with E-state index in [-0.39, 0.29) is 31.0 Å². The predicted molar refractivity (Wildman–Crippen MR) is 91.5 cm³/mol. The maximum absolute atomic E-state index is 6.25. The smallest absolute Gasteiger partial charge is 0.0809 e. The van der Waals surface area contributed by atoms with Gasteiger partial charge in [0.2, 0.25) is 0 Å². The molecule has 0 aliphatic rings. The van der Waals surface area contributed by atoms with E-state index >= 15 is 0 Å². The van der Waals surface area contributed by atoms with Gasteiger partial charge in [0.05, 0.1) is 25.1 Å². The third-order valence-corrected chi connectivity index (χ3v) is 5.63. The van der Waals surface area contributed by atoms with Crippen LogP contribution in [0.2, 0.25) is 30.1 Å². The molecule has 0 unspecified atom stereocenters. The minimum Gasteiger partial charge on any atom is -0.121 e. The van der Waals surface area contributed by atoms with Crippen molar-refractivity contribution in [1.82, 2.24) is 0 Å². The molecule has 0 saturated carbocycles. The first-order valence-electron chi connectivity index (χ1n) is 5.25. The summed E-state index contributed by atoms with van der Waals surface area (Å²) in [5, 5.41) is 1.31. The monoisotopic (exact) mass is 406 g/mol. The highest BCUT2D eigenvalue weighted by atomic mass is 35.5. The van der Waals surface area contributed by atoms with Gasteiger partial charge >= 0.3 is 0 Å². The van der Waals surface area contributed by atoms with Crippen LogP contribution in [-0.2, 0) is 5.88 Å². The van der Waals surface area contributed by atoms with Crippen molar-refractivity contribution in [2.45, 2.75) is 5.88 Å². The van der Waals surface area contributed by atoms with Crippen molar-refractivity contribution in [3.8, 4) is 11.1 Å². The summed E-state index contributed by atoms with van der Waals surface area (Å²) >= 11 is 42.7. The molecule has 0 nitrogen and oxygen atoms in total. The topological polar surface area (TPSA) is 0 Å². The molecule has 0 heterocycles. The Morgan fingerprint density at radius 3 is 1.70 bits per heavy atom. The number of alkyl halides is 1. The minimum atomic E-state index is 0.113. The van der Waals surface area contributed by atoms with Crippen molar-refractivity contribution in [1.29, 1.82) is 0 Å². The highest BCUT2D eigenvalue weighted by Crippen LogP contribution is 2.49. The zero-order chi connectivity index (χ0) is 15.0. The maximum Gasteiger partial charge on any atom is 0.0809 e. The molecule has 20 heavy (non-hydrogen) atoms. The number of rotatable bonds is 2. The third kappa shape index (κ3) is 2.85. The van der Waals surface area contributed by atoms with Crippen LogP contribution < -0.4 is 0 Å². The van der Waals surface area contributed by atoms with Crippen LogP contribution in [-0.4, -0.2) is 0 Å². The van der Waals surface area contributed by atoms with Gasteiger partial charge < -0.3 is 0 Å². The van der Waals surface area contributed by atoms with Crippen molar-refractivity contribution in [2.24, 2.45) is 0 Å². The average molecular weight is 409 g/mol. The number of hydrogen-bond donors (Lipinski definition) is 0. The fraction of sp³-hybridized carbons (Fsp3) is 0.0769. The molecule has 2 aromatic carbocycles. The maximum atomic E-state index is 6.25. The summed E-state index contributed by atoms with van der Waals surface area (Å²) in [7, 11) is 0. The van der Waals surface area contributed by atoms with Crippen molar-refractivity contribution >= 4 is 81.2 Å². The second-order valence-electron chi connectivity index (χ2n) is 3.84. The van der Waals surface area contributed by atoms with Crippen LogP contribution in [0.5, 0.6) is 0 Å². The number of benzene rings is 2. The molecule has 0 aliphatic heterocycles. The third-order valence-electron chi connectivity index (χ3n) is 2.73. The Bertz CT molecular complexity index is 650. The van der Waals surface area contributed by atoms with Crippen molar-refractivity contribution in [3.05, 3.63) is 53.9 Å². The Morgan fingerprint density at radius 1 is 0.700 bits per heavy atom. The summed E-state index contributed by atoms with van der Waals surface area (Å²) in [5.41, 5.74) is 1.82. The Morgan fingerprint density at radius 2 is 1.20 bits per heavy atom. The molecule has 0 fully saturated rings. The molecule has 2 rings (SSSR count). The van der Waals surface area contributed by atoms with E-state index in [0.717, 1.165) is 0 Å². The van der Waals surface area contributed by atoms with Crippen LogP contribution >= 0.6 is 81.2 Å². The van der Waals surface area contributed by atoms with E-state index in [1.54, 1.807) is 18.2 Å². The molecule has 0 spiro atoms. The molecule has 0 atom stereocenters. The molecule has 0 aliphatic carbocycles. The summed E-state index contributed by atoms with van der Waals surface area (Å²) in [6.45, 7) is 0. The van der Waals surface area contributed by atoms with Crippen molar-refractivity contribution < 1.29 is 0 Å². The van der Waals surface area contributed by atoms with E-state index in [9.17, 15) is 0 Å². The van der Waals surface area contributed by atoms with Gasteiger partial charge in [0.15, 0.2) is 0 Å². The molecule has 0 radical (unpaired) electrons. The van der Waals surface area contributed by atoms with Gasteiger partial charge in [-0.05, 0) is 17.2 Å². The van der Waals surface area contributed by atoms with Crippen molar-refractivity contribution in [2.75, 3.05) is 0 Å². The van der Waals surface area contributed by atoms with Gasteiger partial charge in [0.25, 0.3) is 0 Å². The summed E-state index contributed by atoms with van der Waals surface area (Å²) in [6, 6.07) is 5.28. The van der Waals surface area contributed by atoms with Crippen molar-refractivity contribution in [3.63, 3.8) is 0 Å². The molecule has 0 amide bonds. The highest BCUT2D eigenvalue weighted by Gasteiger charge is 2.22. The van der Waals surface area contributed by atoms with E-state index in [1.165, 1.54) is 0 Å². The first-order chi connectivity index (χ1) is 9.40. The van der Waals surface area contributed by atoms with Gasteiger partial charge in [-0.1, -0.05) is 81.7 Å². The molecular weight excluding hydrogens is 404 g/mol. The SMILES string of the molecule is ClCc1c(Cl)cccc1-c1c(Cl)c(Cl)c(Cl)c(Cl)c1Cl. The average Bonchev–Trinajstić information content (AvgIpc) is 2.43. The van der Waals surface area contributed by atoms with Gasteiger partial charge in [-0.2, -0.15) is 0 Å². The van der Waals surface area contributed by atoms with E-state index < -0.39 is 0 Å². The molecule has 7 heteroatoms. The predicted octanol–water partition coefficient (Wildman–Crippen LogP) is 8.01. The molecule has 0 bridgehead atoms. The van der Waals surface area contributed by atoms with Crippen LogP contribution in [0, 0.1) is 0 Å². The summed E-state index contributed by atoms with van der Waals surface area (Å²) in [6.07, 6.45) is 0. The molecule has 2 aromatic rings. The van der Waals surface area contributed by atoms with E-state index in [1.807, 2.05) is 0 Å². The van der Waals surface area contributed by atoms with E-state index in [4.69, 9.17) is 81.2 Å². The Labute approximate surface area is 151 Å². The van der Waals surface area contributed by atoms with Gasteiger partial charge in [-0.25, -0.2) is 0 Å². The fourth-order valence-electron chi connectivity index (χ4n) is 1.77. The number of halogens is 7. The quantitative estimate of drug-likeness (QED) is 0.268. The van der Waals surface area contributed by atoms with Crippen LogP contribution in [0.1, 0.15) is 5.56 Å². The molecule has 0 N–H and O–H groups in total. The summed E-state index contributed by atoms with van der Waals surface area (Å²) < 4.78 is 0. The largest absolute Gasteiger partial charge is 0.121 e. The highest BCUT2D eigenvalue weighted by molar-refractivity contribution is 6.56. The molecular formula is C13H5Cl7. The molecule has 0 aromatic heterocycles. The van der Waals surface area contributed by atoms with Crippen LogP contribution in [0.4, 0.5) is 0 Å². The van der Waals surface area contributed by atoms with Gasteiger partial charge in [0, 0.05) is 16.5 Å². The van der Waals surface area contributed by atoms with Gasteiger partial charge in [-0.15, -0.1) is 11.6 Å². The second-order valence-corrected chi connectivity index (χ2v) is 6.41. The first-order valence-corrected chi connectivity index (χ1v) is 8.05. The molecule has 106 valence electrons. The Kier molecular flexibility index (Phi) is 5.64. The van der Waals surface area contributed by atoms with Crippen LogP contribution in [0.15, 0.2) is 18.2 Å². The number of hydrogen-bond acceptors (Lipinski definition) is 0. The fourth-order valence-corrected chi connectivity index (χ4v) is 3.71. The summed E-state index contributed by atoms with van der Waals surface area (Å²) in [5.74, 6) is 0.194. The normalized spacial score (nSPS) is 10.9. The van der Waals surface area contributed by atoms with Crippen LogP contribution in [0.25, 0.3) is 11.1 Å². The summed E-state index contributed by atoms with van der Waals surface area (Å²) in [4.78, 5) is 0. The zero-order valence-electron chi connectivity index (χ0n) is 9.58. The van der Waals surface area contributed by atoms with E-state index in [2.05, 4.69) is 0 Å². The minimum absolute atomic E-state index is 0.113. The van der Waals surface area contributed by atoms with Crippen LogP contribution in [0.3, 0.4) is 0 Å². The Balaban J connectivity index is 2.87. The van der Waals surface area contributed by atoms with Gasteiger partial charge in [-0.3, -0.25) is 0 Å². The standard InChI is InChI=1S/C13H5Cl7/c14-4-6-5(2-1-3-7(6)15)8-9(16)11(18)13(20)12(19)10(8)17/h1-3H,4H2. The first kappa shape index (κ1) is 16.8. The lowest BCUT2D eigenvalue weighted by Gasteiger charge is -2.15. The second kappa shape index (κ2) is 6.71. The van der Waals surface area contributed by atoms with Gasteiger partial charge in [0.1, 0.15) is 0 Å². The van der Waals surface area contributed by atoms with E-state index in [0.29, 0.717) is 21.7 Å². The lowest BCUT2D eigenvalue weighted by Crippen LogP contribution is -1.92. The molecule has 0 saturated heterocycles. The lowest BCUT2D eigenvalue weighted by atomic mass is 10.0.